The highest BCUT2D eigenvalue weighted by atomic mass is 16.3. The van der Waals surface area contributed by atoms with Gasteiger partial charge in [0.2, 0.25) is 0 Å². The van der Waals surface area contributed by atoms with E-state index in [1.54, 1.807) is 0 Å². The summed E-state index contributed by atoms with van der Waals surface area (Å²) in [6.07, 6.45) is 6.42. The Labute approximate surface area is 104 Å². The maximum atomic E-state index is 9.73. The number of aliphatic hydroxyl groups excluding tert-OH is 1. The number of fused-ring (bicyclic) bond motifs is 2. The molecule has 0 aromatic heterocycles. The van der Waals surface area contributed by atoms with Gasteiger partial charge >= 0.3 is 0 Å². The predicted octanol–water partition coefficient (Wildman–Crippen LogP) is 2.30. The molecule has 17 heavy (non-hydrogen) atoms. The molecule has 3 nitrogen and oxygen atoms in total. The van der Waals surface area contributed by atoms with E-state index in [9.17, 15) is 5.11 Å². The van der Waals surface area contributed by atoms with Crippen LogP contribution < -0.4 is 0 Å². The van der Waals surface area contributed by atoms with E-state index >= 15 is 0 Å². The third-order valence-corrected chi connectivity index (χ3v) is 4.38. The molecule has 2 atom stereocenters. The maximum absolute atomic E-state index is 9.73. The smallest absolute Gasteiger partial charge is 0.0683 e. The Kier molecular flexibility index (Phi) is 3.75. The fourth-order valence-corrected chi connectivity index (χ4v) is 3.37. The number of rotatable bonds is 4. The number of hydrogen-bond donors (Lipinski definition) is 1. The fraction of sp³-hybridized carbons (Fsp3) is 0.929. The molecule has 0 saturated carbocycles. The van der Waals surface area contributed by atoms with Gasteiger partial charge in [0.05, 0.1) is 17.6 Å². The molecule has 0 amide bonds. The minimum Gasteiger partial charge on any atom is -0.393 e. The van der Waals surface area contributed by atoms with Gasteiger partial charge in [0.25, 0.3) is 0 Å². The molecular weight excluding hydrogens is 212 g/mol. The van der Waals surface area contributed by atoms with E-state index in [2.05, 4.69) is 11.0 Å². The second kappa shape index (κ2) is 4.96. The molecule has 2 aliphatic heterocycles. The highest BCUT2D eigenvalue weighted by molar-refractivity contribution is 4.96. The average Bonchev–Trinajstić information content (AvgIpc) is 2.52. The van der Waals surface area contributed by atoms with E-state index in [1.165, 1.54) is 12.8 Å². The van der Waals surface area contributed by atoms with Crippen LogP contribution in [-0.4, -0.2) is 34.7 Å². The maximum Gasteiger partial charge on any atom is 0.0683 e. The van der Waals surface area contributed by atoms with Crippen molar-refractivity contribution in [2.75, 3.05) is 6.54 Å². The van der Waals surface area contributed by atoms with Crippen molar-refractivity contribution in [3.63, 3.8) is 0 Å². The summed E-state index contributed by atoms with van der Waals surface area (Å²) in [5.41, 5.74) is -0.186. The van der Waals surface area contributed by atoms with Gasteiger partial charge < -0.3 is 5.11 Å². The van der Waals surface area contributed by atoms with Crippen LogP contribution >= 0.6 is 0 Å². The van der Waals surface area contributed by atoms with Gasteiger partial charge in [0.1, 0.15) is 0 Å². The van der Waals surface area contributed by atoms with Crippen LogP contribution in [0.1, 0.15) is 52.4 Å². The van der Waals surface area contributed by atoms with Gasteiger partial charge in [-0.05, 0) is 58.9 Å². The largest absolute Gasteiger partial charge is 0.393 e. The molecule has 0 aliphatic carbocycles. The van der Waals surface area contributed by atoms with Gasteiger partial charge in [-0.15, -0.1) is 0 Å². The minimum atomic E-state index is -0.186. The van der Waals surface area contributed by atoms with E-state index in [4.69, 9.17) is 5.26 Å². The zero-order chi connectivity index (χ0) is 12.5. The number of hydrogen-bond acceptors (Lipinski definition) is 3. The number of nitrogens with zero attached hydrogens (tertiary/aromatic N) is 2. The molecule has 3 heteroatoms. The zero-order valence-electron chi connectivity index (χ0n) is 11.0. The van der Waals surface area contributed by atoms with Crippen molar-refractivity contribution in [3.05, 3.63) is 0 Å². The van der Waals surface area contributed by atoms with Crippen LogP contribution in [0, 0.1) is 16.7 Å². The quantitative estimate of drug-likeness (QED) is 0.814. The Bertz CT molecular complexity index is 294. The topological polar surface area (TPSA) is 47.3 Å². The van der Waals surface area contributed by atoms with Crippen molar-refractivity contribution in [2.24, 2.45) is 5.41 Å². The molecule has 0 spiro atoms. The lowest BCUT2D eigenvalue weighted by Gasteiger charge is -2.37. The lowest BCUT2D eigenvalue weighted by Crippen LogP contribution is -2.45. The number of piperidine rings is 1. The van der Waals surface area contributed by atoms with Crippen molar-refractivity contribution in [3.8, 4) is 6.07 Å². The summed E-state index contributed by atoms with van der Waals surface area (Å²) in [7, 11) is 0. The Morgan fingerprint density at radius 1 is 1.29 bits per heavy atom. The highest BCUT2D eigenvalue weighted by Crippen LogP contribution is 2.36. The first kappa shape index (κ1) is 12.9. The van der Waals surface area contributed by atoms with E-state index < -0.39 is 0 Å². The van der Waals surface area contributed by atoms with Gasteiger partial charge in [-0.3, -0.25) is 4.90 Å². The summed E-state index contributed by atoms with van der Waals surface area (Å²) < 4.78 is 0. The van der Waals surface area contributed by atoms with Crippen molar-refractivity contribution in [2.45, 2.75) is 70.6 Å². The first-order valence-corrected chi connectivity index (χ1v) is 6.87. The van der Waals surface area contributed by atoms with Crippen molar-refractivity contribution in [1.29, 1.82) is 5.26 Å². The van der Waals surface area contributed by atoms with E-state index in [0.717, 1.165) is 32.2 Å². The van der Waals surface area contributed by atoms with Crippen molar-refractivity contribution < 1.29 is 5.11 Å². The standard InChI is InChI=1S/C14H24N2O/c1-14(2,10-15)6-3-7-16-11-4-5-12(16)9-13(17)8-11/h11-13,17H,3-9H2,1-2H3. The molecule has 2 fully saturated rings. The van der Waals surface area contributed by atoms with E-state index in [1.807, 2.05) is 13.8 Å². The number of aliphatic hydroxyl groups is 1. The van der Waals surface area contributed by atoms with Crippen molar-refractivity contribution >= 4 is 0 Å². The molecule has 2 rings (SSSR count). The van der Waals surface area contributed by atoms with Crippen LogP contribution in [0.2, 0.25) is 0 Å². The lowest BCUT2D eigenvalue weighted by molar-refractivity contribution is 0.0338. The monoisotopic (exact) mass is 236 g/mol. The molecule has 1 N–H and O–H groups in total. The Morgan fingerprint density at radius 2 is 1.88 bits per heavy atom. The minimum absolute atomic E-state index is 0.0701. The Hall–Kier alpha value is -0.590. The Morgan fingerprint density at radius 3 is 2.41 bits per heavy atom. The van der Waals surface area contributed by atoms with E-state index in [0.29, 0.717) is 12.1 Å². The van der Waals surface area contributed by atoms with Crippen LogP contribution in [0.4, 0.5) is 0 Å². The molecule has 2 aliphatic rings. The molecule has 0 radical (unpaired) electrons. The SMILES string of the molecule is CC(C)(C#N)CCCN1C2CCC1CC(O)C2. The van der Waals surface area contributed by atoms with Crippen LogP contribution in [-0.2, 0) is 0 Å². The average molecular weight is 236 g/mol. The Balaban J connectivity index is 1.79. The van der Waals surface area contributed by atoms with Crippen LogP contribution in [0.25, 0.3) is 0 Å². The van der Waals surface area contributed by atoms with Crippen LogP contribution in [0.5, 0.6) is 0 Å². The third kappa shape index (κ3) is 3.00. The normalized spacial score (nSPS) is 33.6. The highest BCUT2D eigenvalue weighted by Gasteiger charge is 2.39. The fourth-order valence-electron chi connectivity index (χ4n) is 3.37. The molecule has 2 saturated heterocycles. The van der Waals surface area contributed by atoms with Crippen LogP contribution in [0.15, 0.2) is 0 Å². The van der Waals surface area contributed by atoms with Gasteiger partial charge in [-0.1, -0.05) is 0 Å². The molecule has 0 aromatic carbocycles. The number of nitriles is 1. The van der Waals surface area contributed by atoms with Gasteiger partial charge in [-0.25, -0.2) is 0 Å². The molecule has 96 valence electrons. The first-order chi connectivity index (χ1) is 8.02. The second-order valence-corrected chi connectivity index (χ2v) is 6.35. The lowest BCUT2D eigenvalue weighted by atomic mass is 9.89. The predicted molar refractivity (Wildman–Crippen MR) is 67.4 cm³/mol. The zero-order valence-corrected chi connectivity index (χ0v) is 11.0. The summed E-state index contributed by atoms with van der Waals surface area (Å²) in [5, 5.41) is 18.7. The van der Waals surface area contributed by atoms with Gasteiger partial charge in [-0.2, -0.15) is 5.26 Å². The summed E-state index contributed by atoms with van der Waals surface area (Å²) in [4.78, 5) is 2.58. The van der Waals surface area contributed by atoms with Crippen molar-refractivity contribution in [1.82, 2.24) is 4.90 Å². The molecule has 0 aromatic rings. The first-order valence-electron chi connectivity index (χ1n) is 6.87. The summed E-state index contributed by atoms with van der Waals surface area (Å²) in [6.45, 7) is 5.14. The van der Waals surface area contributed by atoms with Gasteiger partial charge in [0, 0.05) is 12.1 Å². The summed E-state index contributed by atoms with van der Waals surface area (Å²) in [6, 6.07) is 3.58. The van der Waals surface area contributed by atoms with Gasteiger partial charge in [0.15, 0.2) is 0 Å². The second-order valence-electron chi connectivity index (χ2n) is 6.35. The van der Waals surface area contributed by atoms with Crippen LogP contribution in [0.3, 0.4) is 0 Å². The van der Waals surface area contributed by atoms with E-state index in [-0.39, 0.29) is 11.5 Å². The molecular formula is C14H24N2O. The molecule has 2 heterocycles. The molecule has 2 bridgehead atoms. The summed E-state index contributed by atoms with van der Waals surface area (Å²) >= 11 is 0. The summed E-state index contributed by atoms with van der Waals surface area (Å²) in [5.74, 6) is 0. The third-order valence-electron chi connectivity index (χ3n) is 4.38. The molecule has 2 unspecified atom stereocenters.